The van der Waals surface area contributed by atoms with Crippen molar-refractivity contribution in [3.8, 4) is 0 Å². The summed E-state index contributed by atoms with van der Waals surface area (Å²) in [7, 11) is 3.58. The third-order valence-corrected chi connectivity index (χ3v) is 4.76. The van der Waals surface area contributed by atoms with Gasteiger partial charge in [-0.1, -0.05) is 18.2 Å². The molecule has 4 rings (SSSR count). The number of amides is 2. The number of nitrogens with zero attached hydrogens (tertiary/aromatic N) is 3. The molecule has 6 heteroatoms. The van der Waals surface area contributed by atoms with Crippen molar-refractivity contribution in [1.82, 2.24) is 9.78 Å². The fraction of sp³-hybridized carbons (Fsp3) is 0.444. The van der Waals surface area contributed by atoms with Crippen LogP contribution < -0.4 is 10.2 Å². The average Bonchev–Trinajstić information content (AvgIpc) is 3.37. The summed E-state index contributed by atoms with van der Waals surface area (Å²) in [4.78, 5) is 14.7. The summed E-state index contributed by atoms with van der Waals surface area (Å²) in [6.45, 7) is 0.554. The van der Waals surface area contributed by atoms with Crippen LogP contribution in [0, 0.1) is 0 Å². The predicted molar refractivity (Wildman–Crippen MR) is 92.5 cm³/mol. The second kappa shape index (κ2) is 5.94. The lowest BCUT2D eigenvalue weighted by molar-refractivity contribution is 0.106. The first-order chi connectivity index (χ1) is 11.7. The number of hydrogen-bond donors (Lipinski definition) is 1. The zero-order chi connectivity index (χ0) is 16.7. The number of nitrogens with one attached hydrogen (secondary N) is 1. The third-order valence-electron chi connectivity index (χ3n) is 4.76. The quantitative estimate of drug-likeness (QED) is 0.943. The molecule has 126 valence electrons. The monoisotopic (exact) mass is 326 g/mol. The van der Waals surface area contributed by atoms with E-state index in [0.717, 1.165) is 41.9 Å². The van der Waals surface area contributed by atoms with Crippen LogP contribution in [0.25, 0.3) is 0 Å². The molecule has 0 spiro atoms. The lowest BCUT2D eigenvalue weighted by Gasteiger charge is -2.33. The molecule has 2 aromatic rings. The molecule has 1 aliphatic carbocycles. The van der Waals surface area contributed by atoms with Crippen LogP contribution in [0.4, 0.5) is 16.2 Å². The van der Waals surface area contributed by atoms with Gasteiger partial charge in [0.2, 0.25) is 0 Å². The van der Waals surface area contributed by atoms with E-state index in [1.54, 1.807) is 16.7 Å². The Hall–Kier alpha value is -2.34. The number of carbonyl (C=O) groups excluding carboxylic acids is 1. The van der Waals surface area contributed by atoms with Crippen molar-refractivity contribution in [2.75, 3.05) is 23.9 Å². The SMILES string of the molecule is CO[C@@H]1Cc2ccccc2N(C(=O)Nc2cn(C)nc2C2CC2)C1. The molecular weight excluding hydrogens is 304 g/mol. The number of rotatable bonds is 3. The maximum absolute atomic E-state index is 12.9. The summed E-state index contributed by atoms with van der Waals surface area (Å²) in [6, 6.07) is 7.89. The number of urea groups is 1. The molecule has 0 unspecified atom stereocenters. The van der Waals surface area contributed by atoms with E-state index >= 15 is 0 Å². The molecule has 1 aromatic heterocycles. The van der Waals surface area contributed by atoms with Crippen molar-refractivity contribution >= 4 is 17.4 Å². The molecule has 0 radical (unpaired) electrons. The minimum atomic E-state index is -0.126. The van der Waals surface area contributed by atoms with Crippen LogP contribution in [-0.4, -0.2) is 35.6 Å². The smallest absolute Gasteiger partial charge is 0.326 e. The van der Waals surface area contributed by atoms with Gasteiger partial charge >= 0.3 is 6.03 Å². The first-order valence-electron chi connectivity index (χ1n) is 8.38. The second-order valence-electron chi connectivity index (χ2n) is 6.61. The molecule has 2 aliphatic rings. The lowest BCUT2D eigenvalue weighted by atomic mass is 10.00. The van der Waals surface area contributed by atoms with E-state index in [9.17, 15) is 4.79 Å². The lowest BCUT2D eigenvalue weighted by Crippen LogP contribution is -2.45. The molecule has 24 heavy (non-hydrogen) atoms. The highest BCUT2D eigenvalue weighted by molar-refractivity contribution is 6.03. The number of anilines is 2. The Morgan fingerprint density at radius 3 is 2.88 bits per heavy atom. The van der Waals surface area contributed by atoms with Gasteiger partial charge in [-0.05, 0) is 24.5 Å². The highest BCUT2D eigenvalue weighted by atomic mass is 16.5. The summed E-state index contributed by atoms with van der Waals surface area (Å²) in [5.74, 6) is 0.488. The zero-order valence-corrected chi connectivity index (χ0v) is 14.0. The molecule has 1 N–H and O–H groups in total. The number of aromatic nitrogens is 2. The number of methoxy groups -OCH3 is 1. The van der Waals surface area contributed by atoms with Crippen LogP contribution in [0.2, 0.25) is 0 Å². The molecule has 2 amide bonds. The fourth-order valence-corrected chi connectivity index (χ4v) is 3.35. The number of ether oxygens (including phenoxy) is 1. The number of hydrogen-bond acceptors (Lipinski definition) is 3. The largest absolute Gasteiger partial charge is 0.379 e. The average molecular weight is 326 g/mol. The van der Waals surface area contributed by atoms with E-state index in [0.29, 0.717) is 12.5 Å². The Morgan fingerprint density at radius 2 is 2.12 bits per heavy atom. The number of para-hydroxylation sites is 1. The van der Waals surface area contributed by atoms with Crippen molar-refractivity contribution in [2.24, 2.45) is 7.05 Å². The Morgan fingerprint density at radius 1 is 1.33 bits per heavy atom. The first-order valence-corrected chi connectivity index (χ1v) is 8.38. The zero-order valence-electron chi connectivity index (χ0n) is 14.0. The Balaban J connectivity index is 1.60. The van der Waals surface area contributed by atoms with Crippen LogP contribution in [0.5, 0.6) is 0 Å². The van der Waals surface area contributed by atoms with Crippen molar-refractivity contribution in [3.05, 3.63) is 41.7 Å². The minimum absolute atomic E-state index is 0.0162. The minimum Gasteiger partial charge on any atom is -0.379 e. The summed E-state index contributed by atoms with van der Waals surface area (Å²) >= 11 is 0. The third kappa shape index (κ3) is 2.78. The molecule has 1 fully saturated rings. The second-order valence-corrected chi connectivity index (χ2v) is 6.61. The molecule has 1 saturated carbocycles. The predicted octanol–water partition coefficient (Wildman–Crippen LogP) is 2.91. The standard InChI is InChI=1S/C18H22N4O2/c1-21-11-15(17(20-21)12-7-8-12)19-18(23)22-10-14(24-2)9-13-5-3-4-6-16(13)22/h3-6,11-12,14H,7-10H2,1-2H3,(H,19,23)/t14-/m1/s1. The Kier molecular flexibility index (Phi) is 3.76. The first kappa shape index (κ1) is 15.2. The summed E-state index contributed by atoms with van der Waals surface area (Å²) in [5.41, 5.74) is 3.92. The number of benzene rings is 1. The van der Waals surface area contributed by atoms with Gasteiger partial charge in [0.1, 0.15) is 0 Å². The van der Waals surface area contributed by atoms with Crippen LogP contribution in [0.3, 0.4) is 0 Å². The van der Waals surface area contributed by atoms with Gasteiger partial charge in [-0.25, -0.2) is 4.79 Å². The highest BCUT2D eigenvalue weighted by Crippen LogP contribution is 2.42. The molecule has 0 bridgehead atoms. The molecule has 6 nitrogen and oxygen atoms in total. The Labute approximate surface area is 141 Å². The van der Waals surface area contributed by atoms with Gasteiger partial charge in [0.05, 0.1) is 24.0 Å². The van der Waals surface area contributed by atoms with Crippen molar-refractivity contribution in [2.45, 2.75) is 31.3 Å². The molecule has 0 saturated heterocycles. The van der Waals surface area contributed by atoms with Gasteiger partial charge in [-0.15, -0.1) is 0 Å². The summed E-state index contributed by atoms with van der Waals surface area (Å²) in [5, 5.41) is 7.56. The highest BCUT2D eigenvalue weighted by Gasteiger charge is 2.32. The van der Waals surface area contributed by atoms with E-state index in [1.807, 2.05) is 31.4 Å². The molecule has 2 heterocycles. The maximum Gasteiger partial charge on any atom is 0.326 e. The van der Waals surface area contributed by atoms with E-state index < -0.39 is 0 Å². The normalized spacial score (nSPS) is 19.9. The van der Waals surface area contributed by atoms with Crippen molar-refractivity contribution in [3.63, 3.8) is 0 Å². The number of fused-ring (bicyclic) bond motifs is 1. The van der Waals surface area contributed by atoms with Gasteiger partial charge in [0.25, 0.3) is 0 Å². The Bertz CT molecular complexity index is 766. The van der Waals surface area contributed by atoms with Gasteiger partial charge in [-0.3, -0.25) is 9.58 Å². The number of aryl methyl sites for hydroxylation is 1. The van der Waals surface area contributed by atoms with Crippen molar-refractivity contribution in [1.29, 1.82) is 0 Å². The van der Waals surface area contributed by atoms with E-state index in [2.05, 4.69) is 16.5 Å². The molecule has 1 aliphatic heterocycles. The maximum atomic E-state index is 12.9. The van der Waals surface area contributed by atoms with E-state index in [4.69, 9.17) is 4.74 Å². The van der Waals surface area contributed by atoms with E-state index in [1.165, 1.54) is 0 Å². The fourth-order valence-electron chi connectivity index (χ4n) is 3.35. The number of carbonyl (C=O) groups is 1. The van der Waals surface area contributed by atoms with Gasteiger partial charge in [0, 0.05) is 38.4 Å². The summed E-state index contributed by atoms with van der Waals surface area (Å²) in [6.07, 6.45) is 5.03. The molecule has 1 aromatic carbocycles. The van der Waals surface area contributed by atoms with Gasteiger partial charge in [-0.2, -0.15) is 5.10 Å². The topological polar surface area (TPSA) is 59.4 Å². The van der Waals surface area contributed by atoms with E-state index in [-0.39, 0.29) is 12.1 Å². The molecule has 1 atom stereocenters. The van der Waals surface area contributed by atoms with Crippen LogP contribution in [0.15, 0.2) is 30.5 Å². The molecular formula is C18H22N4O2. The van der Waals surface area contributed by atoms with Crippen LogP contribution in [0.1, 0.15) is 30.0 Å². The van der Waals surface area contributed by atoms with Crippen LogP contribution >= 0.6 is 0 Å². The summed E-state index contributed by atoms with van der Waals surface area (Å²) < 4.78 is 7.29. The van der Waals surface area contributed by atoms with Gasteiger partial charge < -0.3 is 10.1 Å². The van der Waals surface area contributed by atoms with Crippen molar-refractivity contribution < 1.29 is 9.53 Å². The van der Waals surface area contributed by atoms with Crippen LogP contribution in [-0.2, 0) is 18.2 Å². The van der Waals surface area contributed by atoms with Gasteiger partial charge in [0.15, 0.2) is 0 Å².